The van der Waals surface area contributed by atoms with Crippen LogP contribution in [-0.2, 0) is 9.59 Å². The lowest BCUT2D eigenvalue weighted by molar-refractivity contribution is -0.129. The third-order valence-electron chi connectivity index (χ3n) is 5.39. The average molecular weight is 416 g/mol. The maximum absolute atomic E-state index is 12.6. The number of rotatable bonds is 6. The number of nitrogens with one attached hydrogen (secondary N) is 1. The molecule has 5 heteroatoms. The van der Waals surface area contributed by atoms with E-state index in [0.29, 0.717) is 0 Å². The molecule has 0 spiro atoms. The first-order valence-electron chi connectivity index (χ1n) is 10.3. The van der Waals surface area contributed by atoms with Crippen LogP contribution >= 0.6 is 0 Å². The van der Waals surface area contributed by atoms with Crippen LogP contribution in [0.4, 0.5) is 5.69 Å². The molecule has 1 N–H and O–H groups in total. The van der Waals surface area contributed by atoms with Crippen LogP contribution in [0.3, 0.4) is 0 Å². The van der Waals surface area contributed by atoms with Crippen molar-refractivity contribution < 1.29 is 9.59 Å². The standard InChI is InChI=1S/C26H29N3O2/c1-18-10-9-11-19(2)26(18)27-24(30)17-28(5)25(31)15-14-22-16-20(3)29(21(22)4)23-12-7-6-8-13-23/h6-16H,17H2,1-5H3,(H,27,30)/b15-14+. The first-order valence-corrected chi connectivity index (χ1v) is 10.3. The van der Waals surface area contributed by atoms with Crippen LogP contribution in [0.15, 0.2) is 60.7 Å². The Morgan fingerprint density at radius 3 is 2.26 bits per heavy atom. The zero-order valence-corrected chi connectivity index (χ0v) is 18.8. The summed E-state index contributed by atoms with van der Waals surface area (Å²) in [5.74, 6) is -0.440. The van der Waals surface area contributed by atoms with E-state index in [9.17, 15) is 9.59 Å². The van der Waals surface area contributed by atoms with E-state index in [1.165, 1.54) is 11.0 Å². The Bertz CT molecular complexity index is 1110. The molecule has 0 fully saturated rings. The van der Waals surface area contributed by atoms with Gasteiger partial charge in [-0.2, -0.15) is 0 Å². The van der Waals surface area contributed by atoms with Gasteiger partial charge in [0.05, 0.1) is 6.54 Å². The van der Waals surface area contributed by atoms with E-state index < -0.39 is 0 Å². The minimum Gasteiger partial charge on any atom is -0.333 e. The molecular weight excluding hydrogens is 386 g/mol. The van der Waals surface area contributed by atoms with E-state index in [2.05, 4.69) is 28.1 Å². The molecule has 0 saturated heterocycles. The highest BCUT2D eigenvalue weighted by atomic mass is 16.2. The summed E-state index contributed by atoms with van der Waals surface area (Å²) >= 11 is 0. The second-order valence-electron chi connectivity index (χ2n) is 7.84. The first-order chi connectivity index (χ1) is 14.8. The number of aromatic nitrogens is 1. The van der Waals surface area contributed by atoms with Crippen molar-refractivity contribution in [1.82, 2.24) is 9.47 Å². The molecule has 3 rings (SSSR count). The fourth-order valence-corrected chi connectivity index (χ4v) is 3.70. The summed E-state index contributed by atoms with van der Waals surface area (Å²) in [6.07, 6.45) is 3.33. The van der Waals surface area contributed by atoms with Gasteiger partial charge in [0.15, 0.2) is 0 Å². The van der Waals surface area contributed by atoms with Crippen molar-refractivity contribution >= 4 is 23.6 Å². The van der Waals surface area contributed by atoms with Gasteiger partial charge in [-0.25, -0.2) is 0 Å². The van der Waals surface area contributed by atoms with E-state index in [1.807, 2.05) is 70.2 Å². The lowest BCUT2D eigenvalue weighted by atomic mass is 10.1. The van der Waals surface area contributed by atoms with E-state index >= 15 is 0 Å². The first kappa shape index (κ1) is 22.1. The molecule has 2 aromatic carbocycles. The molecule has 0 saturated carbocycles. The Balaban J connectivity index is 1.67. The van der Waals surface area contributed by atoms with Gasteiger partial charge in [-0.05, 0) is 68.7 Å². The summed E-state index contributed by atoms with van der Waals surface area (Å²) in [6.45, 7) is 7.97. The molecule has 5 nitrogen and oxygen atoms in total. The summed E-state index contributed by atoms with van der Waals surface area (Å²) in [7, 11) is 1.63. The van der Waals surface area contributed by atoms with Crippen molar-refractivity contribution in [3.8, 4) is 5.69 Å². The number of carbonyl (C=O) groups excluding carboxylic acids is 2. The Hall–Kier alpha value is -3.60. The second-order valence-corrected chi connectivity index (χ2v) is 7.84. The highest BCUT2D eigenvalue weighted by Crippen LogP contribution is 2.22. The minimum atomic E-state index is -0.221. The van der Waals surface area contributed by atoms with Crippen LogP contribution in [-0.4, -0.2) is 34.9 Å². The van der Waals surface area contributed by atoms with Gasteiger partial charge in [0.2, 0.25) is 11.8 Å². The second kappa shape index (κ2) is 9.47. The molecule has 2 amide bonds. The number of aryl methyl sites for hydroxylation is 3. The largest absolute Gasteiger partial charge is 0.333 e. The molecule has 3 aromatic rings. The van der Waals surface area contributed by atoms with Gasteiger partial charge in [-0.15, -0.1) is 0 Å². The smallest absolute Gasteiger partial charge is 0.246 e. The van der Waals surface area contributed by atoms with E-state index in [-0.39, 0.29) is 18.4 Å². The zero-order valence-electron chi connectivity index (χ0n) is 18.8. The van der Waals surface area contributed by atoms with Crippen LogP contribution in [0.2, 0.25) is 0 Å². The van der Waals surface area contributed by atoms with E-state index in [1.54, 1.807) is 7.05 Å². The Labute approximate surface area is 184 Å². The Morgan fingerprint density at radius 2 is 1.61 bits per heavy atom. The topological polar surface area (TPSA) is 54.3 Å². The number of amides is 2. The third kappa shape index (κ3) is 5.12. The summed E-state index contributed by atoms with van der Waals surface area (Å²) < 4.78 is 2.16. The highest BCUT2D eigenvalue weighted by molar-refractivity contribution is 5.98. The number of para-hydroxylation sites is 2. The predicted molar refractivity (Wildman–Crippen MR) is 126 cm³/mol. The molecule has 0 aliphatic heterocycles. The molecule has 31 heavy (non-hydrogen) atoms. The Kier molecular flexibility index (Phi) is 6.75. The highest BCUT2D eigenvalue weighted by Gasteiger charge is 2.14. The molecular formula is C26H29N3O2. The summed E-state index contributed by atoms with van der Waals surface area (Å²) in [4.78, 5) is 26.4. The number of hydrogen-bond acceptors (Lipinski definition) is 2. The normalized spacial score (nSPS) is 11.0. The monoisotopic (exact) mass is 415 g/mol. The SMILES string of the molecule is Cc1cccc(C)c1NC(=O)CN(C)C(=O)/C=C/c1cc(C)n(-c2ccccc2)c1C. The van der Waals surface area contributed by atoms with Crippen LogP contribution < -0.4 is 5.32 Å². The fourth-order valence-electron chi connectivity index (χ4n) is 3.70. The quantitative estimate of drug-likeness (QED) is 0.587. The van der Waals surface area contributed by atoms with Crippen molar-refractivity contribution in [2.24, 2.45) is 0 Å². The molecule has 160 valence electrons. The van der Waals surface area contributed by atoms with Crippen molar-refractivity contribution in [3.63, 3.8) is 0 Å². The van der Waals surface area contributed by atoms with Crippen molar-refractivity contribution in [3.05, 3.63) is 88.8 Å². The molecule has 0 aliphatic carbocycles. The summed E-state index contributed by atoms with van der Waals surface area (Å²) in [5, 5.41) is 2.92. The molecule has 0 unspecified atom stereocenters. The Morgan fingerprint density at radius 1 is 0.968 bits per heavy atom. The van der Waals surface area contributed by atoms with Gasteiger partial charge >= 0.3 is 0 Å². The average Bonchev–Trinajstić information content (AvgIpc) is 3.02. The number of nitrogens with zero attached hydrogens (tertiary/aromatic N) is 2. The number of benzene rings is 2. The van der Waals surface area contributed by atoms with Crippen LogP contribution in [0, 0.1) is 27.7 Å². The minimum absolute atomic E-state index is 0.0139. The van der Waals surface area contributed by atoms with Gasteiger partial charge < -0.3 is 14.8 Å². The zero-order chi connectivity index (χ0) is 22.5. The van der Waals surface area contributed by atoms with Crippen LogP contribution in [0.1, 0.15) is 28.1 Å². The number of carbonyl (C=O) groups is 2. The third-order valence-corrected chi connectivity index (χ3v) is 5.39. The van der Waals surface area contributed by atoms with Crippen LogP contribution in [0.5, 0.6) is 0 Å². The molecule has 1 heterocycles. The van der Waals surface area contributed by atoms with Gasteiger partial charge in [0, 0.05) is 35.9 Å². The lowest BCUT2D eigenvalue weighted by Gasteiger charge is -2.16. The number of hydrogen-bond donors (Lipinski definition) is 1. The maximum atomic E-state index is 12.6. The molecule has 0 atom stereocenters. The number of likely N-dealkylation sites (N-methyl/N-ethyl adjacent to an activating group) is 1. The molecule has 0 aliphatic rings. The summed E-state index contributed by atoms with van der Waals surface area (Å²) in [5.41, 5.74) is 7.01. The van der Waals surface area contributed by atoms with Gasteiger partial charge in [-0.1, -0.05) is 36.4 Å². The predicted octanol–water partition coefficient (Wildman–Crippen LogP) is 4.82. The van der Waals surface area contributed by atoms with Crippen LogP contribution in [0.25, 0.3) is 11.8 Å². The lowest BCUT2D eigenvalue weighted by Crippen LogP contribution is -2.34. The fraction of sp³-hybridized carbons (Fsp3) is 0.231. The van der Waals surface area contributed by atoms with Gasteiger partial charge in [-0.3, -0.25) is 9.59 Å². The van der Waals surface area contributed by atoms with E-state index in [0.717, 1.165) is 39.5 Å². The molecule has 0 radical (unpaired) electrons. The van der Waals surface area contributed by atoms with Crippen molar-refractivity contribution in [1.29, 1.82) is 0 Å². The van der Waals surface area contributed by atoms with Gasteiger partial charge in [0.25, 0.3) is 0 Å². The van der Waals surface area contributed by atoms with Crippen molar-refractivity contribution in [2.45, 2.75) is 27.7 Å². The maximum Gasteiger partial charge on any atom is 0.246 e. The number of anilines is 1. The van der Waals surface area contributed by atoms with E-state index in [4.69, 9.17) is 0 Å². The molecule has 0 bridgehead atoms. The van der Waals surface area contributed by atoms with Crippen molar-refractivity contribution in [2.75, 3.05) is 18.9 Å². The summed E-state index contributed by atoms with van der Waals surface area (Å²) in [6, 6.07) is 18.0. The van der Waals surface area contributed by atoms with Gasteiger partial charge in [0.1, 0.15) is 0 Å². The molecule has 1 aromatic heterocycles.